The number of esters is 1. The van der Waals surface area contributed by atoms with E-state index in [1.165, 1.54) is 4.70 Å². The van der Waals surface area contributed by atoms with Crippen molar-refractivity contribution in [3.8, 4) is 0 Å². The molecule has 3 aromatic rings. The highest BCUT2D eigenvalue weighted by atomic mass is 32.1. The number of hydrogen-bond donors (Lipinski definition) is 0. The van der Waals surface area contributed by atoms with Crippen molar-refractivity contribution in [3.05, 3.63) is 47.5 Å². The molecule has 0 bridgehead atoms. The average Bonchev–Trinajstić information content (AvgIpc) is 2.75. The summed E-state index contributed by atoms with van der Waals surface area (Å²) in [5, 5.41) is 2.15. The molecule has 0 N–H and O–H groups in total. The Morgan fingerprint density at radius 3 is 2.79 bits per heavy atom. The zero-order valence-corrected chi connectivity index (χ0v) is 11.7. The van der Waals surface area contributed by atoms with Crippen LogP contribution in [0.3, 0.4) is 0 Å². The minimum Gasteiger partial charge on any atom is -0.462 e. The molecule has 0 fully saturated rings. The first-order chi connectivity index (χ1) is 9.20. The van der Waals surface area contributed by atoms with Gasteiger partial charge in [0.05, 0.1) is 12.2 Å². The topological polar surface area (TPSA) is 26.3 Å². The molecule has 0 unspecified atom stereocenters. The quantitative estimate of drug-likeness (QED) is 0.639. The van der Waals surface area contributed by atoms with Gasteiger partial charge in [0.15, 0.2) is 0 Å². The Morgan fingerprint density at radius 2 is 2.00 bits per heavy atom. The molecule has 0 aliphatic heterocycles. The van der Waals surface area contributed by atoms with E-state index in [9.17, 15) is 4.79 Å². The van der Waals surface area contributed by atoms with Crippen LogP contribution in [0.2, 0.25) is 0 Å². The van der Waals surface area contributed by atoms with Crippen LogP contribution in [0, 0.1) is 6.92 Å². The second kappa shape index (κ2) is 4.67. The fourth-order valence-corrected chi connectivity index (χ4v) is 3.59. The van der Waals surface area contributed by atoms with Crippen molar-refractivity contribution < 1.29 is 9.53 Å². The molecule has 1 aromatic heterocycles. The molecule has 0 spiro atoms. The van der Waals surface area contributed by atoms with Crippen LogP contribution in [-0.4, -0.2) is 12.6 Å². The van der Waals surface area contributed by atoms with Gasteiger partial charge < -0.3 is 4.74 Å². The van der Waals surface area contributed by atoms with E-state index in [0.29, 0.717) is 12.2 Å². The number of rotatable bonds is 2. The molecule has 0 saturated carbocycles. The van der Waals surface area contributed by atoms with E-state index in [0.717, 1.165) is 21.0 Å². The van der Waals surface area contributed by atoms with Crippen LogP contribution in [0.5, 0.6) is 0 Å². The lowest BCUT2D eigenvalue weighted by Crippen LogP contribution is -2.05. The Labute approximate surface area is 115 Å². The van der Waals surface area contributed by atoms with Crippen LogP contribution in [-0.2, 0) is 4.74 Å². The number of fused-ring (bicyclic) bond motifs is 3. The van der Waals surface area contributed by atoms with Gasteiger partial charge in [-0.3, -0.25) is 0 Å². The third-order valence-corrected chi connectivity index (χ3v) is 4.24. The molecule has 2 aromatic carbocycles. The maximum atomic E-state index is 12.1. The Kier molecular flexibility index (Phi) is 2.99. The Hall–Kier alpha value is -1.87. The molecular weight excluding hydrogens is 256 g/mol. The standard InChI is InChI=1S/C16H14O2S/c1-3-18-16(17)12-8-10(2)9-14-15(12)11-6-4-5-7-13(11)19-14/h4-9H,3H2,1-2H3. The second-order valence-corrected chi connectivity index (χ2v) is 5.59. The summed E-state index contributed by atoms with van der Waals surface area (Å²) in [6.07, 6.45) is 0. The van der Waals surface area contributed by atoms with Crippen LogP contribution in [0.25, 0.3) is 20.2 Å². The van der Waals surface area contributed by atoms with Crippen molar-refractivity contribution >= 4 is 37.5 Å². The fraction of sp³-hybridized carbons (Fsp3) is 0.188. The molecule has 0 saturated heterocycles. The summed E-state index contributed by atoms with van der Waals surface area (Å²) in [6.45, 7) is 4.24. The van der Waals surface area contributed by atoms with Gasteiger partial charge in [-0.2, -0.15) is 0 Å². The fourth-order valence-electron chi connectivity index (χ4n) is 2.36. The van der Waals surface area contributed by atoms with Crippen molar-refractivity contribution in [1.29, 1.82) is 0 Å². The van der Waals surface area contributed by atoms with Crippen LogP contribution in [0.1, 0.15) is 22.8 Å². The number of benzene rings is 2. The van der Waals surface area contributed by atoms with Gasteiger partial charge in [0.1, 0.15) is 0 Å². The first-order valence-electron chi connectivity index (χ1n) is 6.29. The SMILES string of the molecule is CCOC(=O)c1cc(C)cc2sc3ccccc3c12. The first-order valence-corrected chi connectivity index (χ1v) is 7.11. The molecule has 19 heavy (non-hydrogen) atoms. The molecule has 3 heteroatoms. The summed E-state index contributed by atoms with van der Waals surface area (Å²) in [7, 11) is 0. The normalized spacial score (nSPS) is 11.1. The lowest BCUT2D eigenvalue weighted by Gasteiger charge is -2.05. The molecule has 0 aliphatic carbocycles. The van der Waals surface area contributed by atoms with Crippen LogP contribution in [0.15, 0.2) is 36.4 Å². The molecule has 1 heterocycles. The predicted molar refractivity (Wildman–Crippen MR) is 80.0 cm³/mol. The summed E-state index contributed by atoms with van der Waals surface area (Å²) in [5.41, 5.74) is 1.76. The largest absolute Gasteiger partial charge is 0.462 e. The molecular formula is C16H14O2S. The van der Waals surface area contributed by atoms with Gasteiger partial charge in [-0.05, 0) is 37.6 Å². The highest BCUT2D eigenvalue weighted by Gasteiger charge is 2.16. The number of hydrogen-bond acceptors (Lipinski definition) is 3. The van der Waals surface area contributed by atoms with Gasteiger partial charge in [-0.1, -0.05) is 18.2 Å². The number of thiophene rings is 1. The van der Waals surface area contributed by atoms with Gasteiger partial charge in [0, 0.05) is 20.2 Å². The molecule has 0 radical (unpaired) electrons. The molecule has 0 atom stereocenters. The van der Waals surface area contributed by atoms with Crippen LogP contribution in [0.4, 0.5) is 0 Å². The summed E-state index contributed by atoms with van der Waals surface area (Å²) in [6, 6.07) is 12.2. The number of aryl methyl sites for hydroxylation is 1. The van der Waals surface area contributed by atoms with Crippen molar-refractivity contribution in [3.63, 3.8) is 0 Å². The van der Waals surface area contributed by atoms with Crippen molar-refractivity contribution in [2.24, 2.45) is 0 Å². The van der Waals surface area contributed by atoms with E-state index < -0.39 is 0 Å². The van der Waals surface area contributed by atoms with E-state index in [1.807, 2.05) is 32.0 Å². The maximum Gasteiger partial charge on any atom is 0.338 e. The third-order valence-electron chi connectivity index (χ3n) is 3.12. The van der Waals surface area contributed by atoms with E-state index in [-0.39, 0.29) is 5.97 Å². The highest BCUT2D eigenvalue weighted by Crippen LogP contribution is 2.36. The number of ether oxygens (including phenoxy) is 1. The molecule has 2 nitrogen and oxygen atoms in total. The smallest absolute Gasteiger partial charge is 0.338 e. The maximum absolute atomic E-state index is 12.1. The average molecular weight is 270 g/mol. The summed E-state index contributed by atoms with van der Waals surface area (Å²) < 4.78 is 7.52. The van der Waals surface area contributed by atoms with Gasteiger partial charge in [0.2, 0.25) is 0 Å². The monoisotopic (exact) mass is 270 g/mol. The first kappa shape index (κ1) is 12.2. The predicted octanol–water partition coefficient (Wildman–Crippen LogP) is 4.54. The van der Waals surface area contributed by atoms with E-state index >= 15 is 0 Å². The zero-order valence-electron chi connectivity index (χ0n) is 10.9. The lowest BCUT2D eigenvalue weighted by molar-refractivity contribution is 0.0528. The van der Waals surface area contributed by atoms with E-state index in [2.05, 4.69) is 18.2 Å². The van der Waals surface area contributed by atoms with Gasteiger partial charge in [-0.15, -0.1) is 11.3 Å². The molecule has 3 rings (SSSR count). The minimum absolute atomic E-state index is 0.236. The van der Waals surface area contributed by atoms with Crippen LogP contribution < -0.4 is 0 Å². The van der Waals surface area contributed by atoms with E-state index in [1.54, 1.807) is 11.3 Å². The van der Waals surface area contributed by atoms with Crippen LogP contribution >= 0.6 is 11.3 Å². The zero-order chi connectivity index (χ0) is 13.4. The molecule has 0 aliphatic rings. The summed E-state index contributed by atoms with van der Waals surface area (Å²) in [4.78, 5) is 12.1. The van der Waals surface area contributed by atoms with Gasteiger partial charge >= 0.3 is 5.97 Å². The number of carbonyl (C=O) groups is 1. The second-order valence-electron chi connectivity index (χ2n) is 4.50. The summed E-state index contributed by atoms with van der Waals surface area (Å²) in [5.74, 6) is -0.236. The Bertz CT molecular complexity index is 771. The third kappa shape index (κ3) is 2.00. The summed E-state index contributed by atoms with van der Waals surface area (Å²) >= 11 is 1.72. The molecule has 0 amide bonds. The van der Waals surface area contributed by atoms with Gasteiger partial charge in [-0.25, -0.2) is 4.79 Å². The lowest BCUT2D eigenvalue weighted by atomic mass is 10.0. The highest BCUT2D eigenvalue weighted by molar-refractivity contribution is 7.25. The van der Waals surface area contributed by atoms with Gasteiger partial charge in [0.25, 0.3) is 0 Å². The molecule has 96 valence electrons. The van der Waals surface area contributed by atoms with E-state index in [4.69, 9.17) is 4.74 Å². The minimum atomic E-state index is -0.236. The van der Waals surface area contributed by atoms with Crippen molar-refractivity contribution in [2.75, 3.05) is 6.61 Å². The van der Waals surface area contributed by atoms with Crippen molar-refractivity contribution in [1.82, 2.24) is 0 Å². The van der Waals surface area contributed by atoms with Crippen molar-refractivity contribution in [2.45, 2.75) is 13.8 Å². The Balaban J connectivity index is 2.38. The Morgan fingerprint density at radius 1 is 1.21 bits per heavy atom. The number of carbonyl (C=O) groups excluding carboxylic acids is 1.